The number of aryl methyl sites for hydroxylation is 1. The minimum atomic E-state index is -0.360. The number of rotatable bonds is 11. The lowest BCUT2D eigenvalue weighted by Crippen LogP contribution is -2.40. The lowest BCUT2D eigenvalue weighted by Gasteiger charge is -2.24. The van der Waals surface area contributed by atoms with Crippen molar-refractivity contribution >= 4 is 17.6 Å². The molecule has 0 bridgehead atoms. The Morgan fingerprint density at radius 1 is 0.974 bits per heavy atom. The fourth-order valence-electron chi connectivity index (χ4n) is 4.39. The summed E-state index contributed by atoms with van der Waals surface area (Å²) in [6, 6.07) is 24.9. The van der Waals surface area contributed by atoms with Gasteiger partial charge in [-0.05, 0) is 60.7 Å². The van der Waals surface area contributed by atoms with Gasteiger partial charge in [-0.3, -0.25) is 9.59 Å². The highest BCUT2D eigenvalue weighted by molar-refractivity contribution is 5.99. The van der Waals surface area contributed by atoms with E-state index in [1.54, 1.807) is 27.8 Å². The number of nitrogens with one attached hydrogen (secondary N) is 1. The van der Waals surface area contributed by atoms with Gasteiger partial charge in [-0.15, -0.1) is 0 Å². The Morgan fingerprint density at radius 2 is 1.67 bits per heavy atom. The Bertz CT molecular complexity index is 1380. The maximum Gasteiger partial charge on any atom is 0.254 e. The molecular formula is C32H35FN4O2. The van der Waals surface area contributed by atoms with Gasteiger partial charge < -0.3 is 10.2 Å². The molecule has 0 aliphatic heterocycles. The van der Waals surface area contributed by atoms with E-state index in [2.05, 4.69) is 17.3 Å². The Balaban J connectivity index is 1.56. The van der Waals surface area contributed by atoms with Crippen molar-refractivity contribution in [3.05, 3.63) is 102 Å². The number of carbonyl (C=O) groups excluding carboxylic acids is 2. The zero-order chi connectivity index (χ0) is 27.8. The van der Waals surface area contributed by atoms with E-state index >= 15 is 0 Å². The van der Waals surface area contributed by atoms with Crippen molar-refractivity contribution in [3.8, 4) is 16.9 Å². The smallest absolute Gasteiger partial charge is 0.254 e. The van der Waals surface area contributed by atoms with Crippen LogP contribution in [0.4, 0.5) is 10.2 Å². The number of hydrogen-bond acceptors (Lipinski definition) is 3. The topological polar surface area (TPSA) is 67.2 Å². The number of hydrogen-bond donors (Lipinski definition) is 1. The predicted molar refractivity (Wildman–Crippen MR) is 153 cm³/mol. The van der Waals surface area contributed by atoms with Crippen molar-refractivity contribution in [1.29, 1.82) is 0 Å². The summed E-state index contributed by atoms with van der Waals surface area (Å²) >= 11 is 0. The van der Waals surface area contributed by atoms with E-state index in [4.69, 9.17) is 0 Å². The summed E-state index contributed by atoms with van der Waals surface area (Å²) in [5.74, 6) is -0.270. The molecule has 1 heterocycles. The van der Waals surface area contributed by atoms with Gasteiger partial charge in [-0.1, -0.05) is 69.7 Å². The maximum atomic E-state index is 13.6. The molecule has 7 heteroatoms. The zero-order valence-corrected chi connectivity index (χ0v) is 22.7. The van der Waals surface area contributed by atoms with Crippen LogP contribution in [-0.2, 0) is 11.2 Å². The highest BCUT2D eigenvalue weighted by Crippen LogP contribution is 2.25. The molecule has 2 amide bonds. The van der Waals surface area contributed by atoms with E-state index in [1.165, 1.54) is 17.7 Å². The van der Waals surface area contributed by atoms with Crippen LogP contribution >= 0.6 is 0 Å². The average Bonchev–Trinajstić information content (AvgIpc) is 3.35. The largest absolute Gasteiger partial charge is 0.329 e. The third-order valence-corrected chi connectivity index (χ3v) is 6.34. The van der Waals surface area contributed by atoms with E-state index in [0.717, 1.165) is 24.8 Å². The molecule has 39 heavy (non-hydrogen) atoms. The Kier molecular flexibility index (Phi) is 9.26. The summed E-state index contributed by atoms with van der Waals surface area (Å²) in [5.41, 5.74) is 3.91. The first-order valence-corrected chi connectivity index (χ1v) is 13.4. The lowest BCUT2D eigenvalue weighted by atomic mass is 10.1. The van der Waals surface area contributed by atoms with Gasteiger partial charge in [0.05, 0.1) is 11.4 Å². The number of benzene rings is 3. The number of nitrogens with zero attached hydrogens (tertiary/aromatic N) is 3. The highest BCUT2D eigenvalue weighted by Gasteiger charge is 2.22. The first kappa shape index (κ1) is 27.8. The molecule has 0 unspecified atom stereocenters. The van der Waals surface area contributed by atoms with Gasteiger partial charge >= 0.3 is 0 Å². The van der Waals surface area contributed by atoms with Gasteiger partial charge in [0.2, 0.25) is 5.91 Å². The molecule has 0 fully saturated rings. The number of halogens is 1. The Hall–Kier alpha value is -4.26. The summed E-state index contributed by atoms with van der Waals surface area (Å²) in [5, 5.41) is 7.60. The molecule has 4 rings (SSSR count). The molecule has 202 valence electrons. The monoisotopic (exact) mass is 526 g/mol. The van der Waals surface area contributed by atoms with Crippen LogP contribution in [0.1, 0.15) is 49.5 Å². The molecule has 1 aromatic heterocycles. The van der Waals surface area contributed by atoms with Crippen LogP contribution in [0, 0.1) is 11.7 Å². The molecule has 0 atom stereocenters. The van der Waals surface area contributed by atoms with Crippen molar-refractivity contribution in [1.82, 2.24) is 14.7 Å². The van der Waals surface area contributed by atoms with E-state index in [0.29, 0.717) is 29.3 Å². The third kappa shape index (κ3) is 7.41. The minimum Gasteiger partial charge on any atom is -0.329 e. The predicted octanol–water partition coefficient (Wildman–Crippen LogP) is 6.76. The van der Waals surface area contributed by atoms with Crippen molar-refractivity contribution in [2.75, 3.05) is 18.4 Å². The van der Waals surface area contributed by atoms with E-state index in [1.807, 2.05) is 68.4 Å². The summed E-state index contributed by atoms with van der Waals surface area (Å²) in [4.78, 5) is 28.3. The summed E-state index contributed by atoms with van der Waals surface area (Å²) in [7, 11) is 0. The molecule has 4 aromatic rings. The molecule has 6 nitrogen and oxygen atoms in total. The average molecular weight is 527 g/mol. The maximum absolute atomic E-state index is 13.6. The lowest BCUT2D eigenvalue weighted by molar-refractivity contribution is -0.117. The van der Waals surface area contributed by atoms with Crippen molar-refractivity contribution in [3.63, 3.8) is 0 Å². The number of amides is 2. The highest BCUT2D eigenvalue weighted by atomic mass is 19.1. The normalized spacial score (nSPS) is 11.0. The van der Waals surface area contributed by atoms with E-state index < -0.39 is 0 Å². The van der Waals surface area contributed by atoms with Gasteiger partial charge in [0.25, 0.3) is 5.91 Å². The Labute approximate surface area is 229 Å². The molecule has 3 aromatic carbocycles. The fraction of sp³-hybridized carbons (Fsp3) is 0.281. The van der Waals surface area contributed by atoms with Gasteiger partial charge in [0, 0.05) is 23.7 Å². The molecule has 0 saturated carbocycles. The van der Waals surface area contributed by atoms with E-state index in [-0.39, 0.29) is 30.1 Å². The van der Waals surface area contributed by atoms with Crippen LogP contribution < -0.4 is 5.32 Å². The van der Waals surface area contributed by atoms with Crippen LogP contribution in [0.3, 0.4) is 0 Å². The third-order valence-electron chi connectivity index (χ3n) is 6.34. The van der Waals surface area contributed by atoms with Crippen LogP contribution in [-0.4, -0.2) is 39.6 Å². The molecule has 0 aliphatic carbocycles. The standard InChI is InChI=1S/C32H35FN4O2/c1-4-5-9-24-12-14-26(15-13-24)32(39)36(21-23(2)3)22-31(38)34-30-20-29(25-10-7-6-8-11-25)35-37(30)28-18-16-27(33)17-19-28/h6-8,10-20,23H,4-5,9,21-22H2,1-3H3,(H,34,38). The van der Waals surface area contributed by atoms with Gasteiger partial charge in [0.15, 0.2) is 0 Å². The number of unbranched alkanes of at least 4 members (excludes halogenated alkanes) is 1. The van der Waals surface area contributed by atoms with Crippen molar-refractivity contribution < 1.29 is 14.0 Å². The molecule has 0 radical (unpaired) electrons. The molecule has 0 spiro atoms. The van der Waals surface area contributed by atoms with Crippen molar-refractivity contribution in [2.45, 2.75) is 40.0 Å². The van der Waals surface area contributed by atoms with Gasteiger partial charge in [-0.25, -0.2) is 9.07 Å². The minimum absolute atomic E-state index is 0.107. The zero-order valence-electron chi connectivity index (χ0n) is 22.7. The number of carbonyl (C=O) groups is 2. The first-order valence-electron chi connectivity index (χ1n) is 13.4. The van der Waals surface area contributed by atoms with Crippen LogP contribution in [0.5, 0.6) is 0 Å². The molecular weight excluding hydrogens is 491 g/mol. The summed E-state index contributed by atoms with van der Waals surface area (Å²) in [6.07, 6.45) is 3.20. The fourth-order valence-corrected chi connectivity index (χ4v) is 4.39. The van der Waals surface area contributed by atoms with Crippen LogP contribution in [0.2, 0.25) is 0 Å². The van der Waals surface area contributed by atoms with Gasteiger partial charge in [0.1, 0.15) is 18.2 Å². The van der Waals surface area contributed by atoms with Crippen molar-refractivity contribution in [2.24, 2.45) is 5.92 Å². The second-order valence-electron chi connectivity index (χ2n) is 10.1. The van der Waals surface area contributed by atoms with Gasteiger partial charge in [-0.2, -0.15) is 5.10 Å². The van der Waals surface area contributed by atoms with E-state index in [9.17, 15) is 14.0 Å². The number of aromatic nitrogens is 2. The van der Waals surface area contributed by atoms with Crippen LogP contribution in [0.25, 0.3) is 16.9 Å². The molecule has 1 N–H and O–H groups in total. The quantitative estimate of drug-likeness (QED) is 0.235. The second-order valence-corrected chi connectivity index (χ2v) is 10.1. The van der Waals surface area contributed by atoms with Crippen LogP contribution in [0.15, 0.2) is 84.9 Å². The second kappa shape index (κ2) is 13.0. The summed E-state index contributed by atoms with van der Waals surface area (Å²) in [6.45, 7) is 6.52. The molecule has 0 saturated heterocycles. The SMILES string of the molecule is CCCCc1ccc(C(=O)N(CC(=O)Nc2cc(-c3ccccc3)nn2-c2ccc(F)cc2)CC(C)C)cc1. The first-order chi connectivity index (χ1) is 18.8. The summed E-state index contributed by atoms with van der Waals surface area (Å²) < 4.78 is 15.2. The Morgan fingerprint density at radius 3 is 2.31 bits per heavy atom. The molecule has 0 aliphatic rings. The number of anilines is 1.